The van der Waals surface area contributed by atoms with Crippen LogP contribution in [-0.4, -0.2) is 47.3 Å². The van der Waals surface area contributed by atoms with Gasteiger partial charge in [0.1, 0.15) is 18.7 Å². The number of hydrogen-bond donors (Lipinski definition) is 3. The fraction of sp³-hybridized carbons (Fsp3) is 0.423. The molecular weight excluding hydrogens is 448 g/mol. The lowest BCUT2D eigenvalue weighted by atomic mass is 9.98. The first-order valence-corrected chi connectivity index (χ1v) is 11.9. The van der Waals surface area contributed by atoms with Gasteiger partial charge in [0.15, 0.2) is 0 Å². The number of fused-ring (bicyclic) bond motifs is 2. The lowest BCUT2D eigenvalue weighted by molar-refractivity contribution is -0.140. The maximum atomic E-state index is 13.1. The Morgan fingerprint density at radius 3 is 2.60 bits per heavy atom. The molecule has 1 aliphatic heterocycles. The number of Topliss-reactive ketones (excluding diaryl/α,β-unsaturated/α-hetero) is 1. The van der Waals surface area contributed by atoms with Gasteiger partial charge in [-0.2, -0.15) is 0 Å². The van der Waals surface area contributed by atoms with Crippen LogP contribution in [0.4, 0.5) is 4.79 Å². The standard InChI is InChI=1S/C26H32N4O5/c1-17(2)22(30-26(34)35-16-18-8-4-3-5-9-18)24(32)29-21-13-20-12-19(14-27-15-20)10-6-7-11-28-25(33)23(21)31/h3-5,8-9,12,14-15,17,21-22H,6-7,10-11,13,16H2,1-2H3,(H,28,33)(H,29,32)(H,30,34). The number of carbonyl (C=O) groups is 4. The largest absolute Gasteiger partial charge is 0.445 e. The zero-order valence-electron chi connectivity index (χ0n) is 20.1. The van der Waals surface area contributed by atoms with Crippen molar-refractivity contribution in [2.24, 2.45) is 5.92 Å². The Morgan fingerprint density at radius 2 is 1.86 bits per heavy atom. The van der Waals surface area contributed by atoms with Crippen LogP contribution in [0.3, 0.4) is 0 Å². The molecule has 3 amide bonds. The topological polar surface area (TPSA) is 126 Å². The average Bonchev–Trinajstić information content (AvgIpc) is 2.85. The zero-order chi connectivity index (χ0) is 25.2. The van der Waals surface area contributed by atoms with Gasteiger partial charge in [0.25, 0.3) is 5.91 Å². The van der Waals surface area contributed by atoms with E-state index in [4.69, 9.17) is 4.74 Å². The van der Waals surface area contributed by atoms with Gasteiger partial charge < -0.3 is 20.7 Å². The highest BCUT2D eigenvalue weighted by atomic mass is 16.5. The van der Waals surface area contributed by atoms with Crippen molar-refractivity contribution < 1.29 is 23.9 Å². The second kappa shape index (κ2) is 12.6. The highest BCUT2D eigenvalue weighted by molar-refractivity contribution is 6.38. The van der Waals surface area contributed by atoms with E-state index < -0.39 is 35.8 Å². The maximum absolute atomic E-state index is 13.1. The van der Waals surface area contributed by atoms with Crippen molar-refractivity contribution in [2.75, 3.05) is 6.54 Å². The third-order valence-corrected chi connectivity index (χ3v) is 5.76. The van der Waals surface area contributed by atoms with Gasteiger partial charge in [-0.15, -0.1) is 0 Å². The summed E-state index contributed by atoms with van der Waals surface area (Å²) in [7, 11) is 0. The Hall–Kier alpha value is -3.75. The molecule has 0 saturated heterocycles. The monoisotopic (exact) mass is 480 g/mol. The SMILES string of the molecule is CC(C)C(NC(=O)OCc1ccccc1)C(=O)NC1Cc2cncc(c2)CCCCNC(=O)C1=O. The Kier molecular flexibility index (Phi) is 9.34. The Bertz CT molecular complexity index is 1040. The van der Waals surface area contributed by atoms with Crippen molar-refractivity contribution in [3.63, 3.8) is 0 Å². The zero-order valence-corrected chi connectivity index (χ0v) is 20.1. The summed E-state index contributed by atoms with van der Waals surface area (Å²) in [6, 6.07) is 9.07. The minimum atomic E-state index is -1.10. The van der Waals surface area contributed by atoms with E-state index in [0.29, 0.717) is 6.54 Å². The number of amides is 3. The van der Waals surface area contributed by atoms with Crippen LogP contribution in [0.2, 0.25) is 0 Å². The lowest BCUT2D eigenvalue weighted by Gasteiger charge is -2.25. The Morgan fingerprint density at radius 1 is 1.11 bits per heavy atom. The van der Waals surface area contributed by atoms with Gasteiger partial charge in [-0.25, -0.2) is 4.79 Å². The smallest absolute Gasteiger partial charge is 0.408 e. The molecule has 1 aromatic heterocycles. The molecule has 2 bridgehead atoms. The number of pyridine rings is 1. The summed E-state index contributed by atoms with van der Waals surface area (Å²) in [5.41, 5.74) is 2.59. The van der Waals surface area contributed by atoms with Gasteiger partial charge in [0.05, 0.1) is 0 Å². The van der Waals surface area contributed by atoms with Gasteiger partial charge in [-0.05, 0) is 41.9 Å². The molecule has 3 rings (SSSR count). The van der Waals surface area contributed by atoms with E-state index >= 15 is 0 Å². The number of rotatable bonds is 6. The van der Waals surface area contributed by atoms with E-state index in [0.717, 1.165) is 36.0 Å². The molecular formula is C26H32N4O5. The number of nitrogens with zero attached hydrogens (tertiary/aromatic N) is 1. The van der Waals surface area contributed by atoms with Gasteiger partial charge in [-0.1, -0.05) is 50.2 Å². The molecule has 35 heavy (non-hydrogen) atoms. The number of benzene rings is 1. The normalized spacial score (nSPS) is 17.4. The van der Waals surface area contributed by atoms with E-state index in [2.05, 4.69) is 20.9 Å². The second-order valence-corrected chi connectivity index (χ2v) is 8.97. The second-order valence-electron chi connectivity index (χ2n) is 8.97. The molecule has 2 heterocycles. The molecule has 0 saturated carbocycles. The average molecular weight is 481 g/mol. The van der Waals surface area contributed by atoms with Crippen LogP contribution >= 0.6 is 0 Å². The van der Waals surface area contributed by atoms with E-state index in [1.54, 1.807) is 26.2 Å². The number of nitrogens with one attached hydrogen (secondary N) is 3. The first-order valence-electron chi connectivity index (χ1n) is 11.9. The summed E-state index contributed by atoms with van der Waals surface area (Å²) in [4.78, 5) is 55.1. The Balaban J connectivity index is 1.70. The van der Waals surface area contributed by atoms with E-state index in [1.807, 2.05) is 36.4 Å². The predicted octanol–water partition coefficient (Wildman–Crippen LogP) is 2.08. The molecule has 0 spiro atoms. The quantitative estimate of drug-likeness (QED) is 0.544. The van der Waals surface area contributed by atoms with Crippen molar-refractivity contribution in [3.05, 3.63) is 65.5 Å². The van der Waals surface area contributed by atoms with Crippen LogP contribution in [0.15, 0.2) is 48.8 Å². The number of ketones is 1. The molecule has 186 valence electrons. The maximum Gasteiger partial charge on any atom is 0.408 e. The summed E-state index contributed by atoms with van der Waals surface area (Å²) in [6.07, 6.45) is 5.17. The first kappa shape index (κ1) is 25.9. The number of alkyl carbamates (subject to hydrolysis) is 1. The number of aromatic nitrogens is 1. The summed E-state index contributed by atoms with van der Waals surface area (Å²) < 4.78 is 5.24. The highest BCUT2D eigenvalue weighted by Crippen LogP contribution is 2.12. The van der Waals surface area contributed by atoms with Gasteiger partial charge in [0.2, 0.25) is 11.7 Å². The van der Waals surface area contributed by atoms with Crippen LogP contribution in [0.5, 0.6) is 0 Å². The highest BCUT2D eigenvalue weighted by Gasteiger charge is 2.32. The molecule has 0 fully saturated rings. The van der Waals surface area contributed by atoms with Crippen molar-refractivity contribution in [1.29, 1.82) is 0 Å². The van der Waals surface area contributed by atoms with Crippen LogP contribution in [-0.2, 0) is 38.6 Å². The molecule has 9 nitrogen and oxygen atoms in total. The third-order valence-electron chi connectivity index (χ3n) is 5.76. The summed E-state index contributed by atoms with van der Waals surface area (Å²) in [6.45, 7) is 3.97. The molecule has 0 radical (unpaired) electrons. The van der Waals surface area contributed by atoms with Gasteiger partial charge in [-0.3, -0.25) is 19.4 Å². The van der Waals surface area contributed by atoms with Gasteiger partial charge in [0, 0.05) is 25.4 Å². The van der Waals surface area contributed by atoms with Crippen LogP contribution in [0, 0.1) is 5.92 Å². The van der Waals surface area contributed by atoms with Crippen molar-refractivity contribution >= 4 is 23.7 Å². The number of hydrogen-bond acceptors (Lipinski definition) is 6. The molecule has 0 aliphatic carbocycles. The number of aryl methyl sites for hydroxylation is 1. The summed E-state index contributed by atoms with van der Waals surface area (Å²) in [5, 5.41) is 7.89. The van der Waals surface area contributed by atoms with E-state index in [-0.39, 0.29) is 18.9 Å². The van der Waals surface area contributed by atoms with Crippen LogP contribution in [0.1, 0.15) is 43.4 Å². The summed E-state index contributed by atoms with van der Waals surface area (Å²) in [5.74, 6) is -2.34. The number of carbonyl (C=O) groups excluding carboxylic acids is 4. The van der Waals surface area contributed by atoms with Crippen molar-refractivity contribution in [3.8, 4) is 0 Å². The lowest BCUT2D eigenvalue weighted by Crippen LogP contribution is -2.56. The molecule has 1 aliphatic rings. The molecule has 3 N–H and O–H groups in total. The first-order chi connectivity index (χ1) is 16.8. The predicted molar refractivity (Wildman–Crippen MR) is 129 cm³/mol. The minimum Gasteiger partial charge on any atom is -0.445 e. The molecule has 2 unspecified atom stereocenters. The summed E-state index contributed by atoms with van der Waals surface area (Å²) >= 11 is 0. The fourth-order valence-corrected chi connectivity index (χ4v) is 3.82. The molecule has 1 aromatic carbocycles. The number of ether oxygens (including phenoxy) is 1. The van der Waals surface area contributed by atoms with E-state index in [9.17, 15) is 19.2 Å². The van der Waals surface area contributed by atoms with Crippen LogP contribution < -0.4 is 16.0 Å². The molecule has 9 heteroatoms. The van der Waals surface area contributed by atoms with Crippen molar-refractivity contribution in [1.82, 2.24) is 20.9 Å². The molecule has 2 aromatic rings. The minimum absolute atomic E-state index is 0.0593. The fourth-order valence-electron chi connectivity index (χ4n) is 3.82. The van der Waals surface area contributed by atoms with E-state index in [1.165, 1.54) is 0 Å². The molecule has 2 atom stereocenters. The van der Waals surface area contributed by atoms with Crippen LogP contribution in [0.25, 0.3) is 0 Å². The Labute approximate surface area is 205 Å². The van der Waals surface area contributed by atoms with Crippen molar-refractivity contribution in [2.45, 2.75) is 58.2 Å². The van der Waals surface area contributed by atoms with Gasteiger partial charge >= 0.3 is 6.09 Å². The third kappa shape index (κ3) is 7.91.